The summed E-state index contributed by atoms with van der Waals surface area (Å²) in [4.78, 5) is 1.31. The van der Waals surface area contributed by atoms with E-state index in [0.717, 1.165) is 11.0 Å². The first kappa shape index (κ1) is 14.6. The van der Waals surface area contributed by atoms with E-state index in [-0.39, 0.29) is 0 Å². The maximum absolute atomic E-state index is 3.60. The molecule has 1 atom stereocenters. The SMILES string of the molecule is CSc1ccc(CN[C@H](C)c2ccccc2Br)cc1. The fraction of sp³-hybridized carbons (Fsp3) is 0.250. The number of halogens is 1. The molecular formula is C16H18BrNS. The van der Waals surface area contributed by atoms with E-state index in [1.807, 2.05) is 6.07 Å². The third kappa shape index (κ3) is 4.10. The van der Waals surface area contributed by atoms with Crippen molar-refractivity contribution in [2.75, 3.05) is 6.26 Å². The Morgan fingerprint density at radius 3 is 2.42 bits per heavy atom. The molecule has 2 aromatic carbocycles. The van der Waals surface area contributed by atoms with Crippen molar-refractivity contribution in [3.63, 3.8) is 0 Å². The van der Waals surface area contributed by atoms with Crippen LogP contribution in [0, 0.1) is 0 Å². The average molecular weight is 336 g/mol. The molecule has 0 unspecified atom stereocenters. The molecular weight excluding hydrogens is 318 g/mol. The van der Waals surface area contributed by atoms with Gasteiger partial charge in [0.05, 0.1) is 0 Å². The lowest BCUT2D eigenvalue weighted by atomic mass is 10.1. The van der Waals surface area contributed by atoms with Crippen LogP contribution >= 0.6 is 27.7 Å². The molecule has 0 amide bonds. The Labute approximate surface area is 127 Å². The quantitative estimate of drug-likeness (QED) is 0.769. The Balaban J connectivity index is 1.96. The molecule has 0 radical (unpaired) electrons. The maximum Gasteiger partial charge on any atom is 0.0306 e. The second-order valence-electron chi connectivity index (χ2n) is 4.47. The van der Waals surface area contributed by atoms with Crippen LogP contribution in [0.1, 0.15) is 24.1 Å². The molecule has 0 bridgehead atoms. The van der Waals surface area contributed by atoms with E-state index in [4.69, 9.17) is 0 Å². The molecule has 100 valence electrons. The van der Waals surface area contributed by atoms with Gasteiger partial charge < -0.3 is 5.32 Å². The third-order valence-electron chi connectivity index (χ3n) is 3.14. The van der Waals surface area contributed by atoms with E-state index >= 15 is 0 Å². The molecule has 0 heterocycles. The van der Waals surface area contributed by atoms with Gasteiger partial charge in [-0.2, -0.15) is 0 Å². The molecule has 0 fully saturated rings. The highest BCUT2D eigenvalue weighted by atomic mass is 79.9. The zero-order valence-corrected chi connectivity index (χ0v) is 13.6. The highest BCUT2D eigenvalue weighted by molar-refractivity contribution is 9.10. The fourth-order valence-electron chi connectivity index (χ4n) is 1.95. The van der Waals surface area contributed by atoms with E-state index in [1.54, 1.807) is 11.8 Å². The van der Waals surface area contributed by atoms with E-state index in [9.17, 15) is 0 Å². The van der Waals surface area contributed by atoms with Gasteiger partial charge in [-0.3, -0.25) is 0 Å². The minimum Gasteiger partial charge on any atom is -0.306 e. The molecule has 0 aliphatic rings. The van der Waals surface area contributed by atoms with Crippen molar-refractivity contribution < 1.29 is 0 Å². The normalized spacial score (nSPS) is 12.4. The molecule has 0 saturated heterocycles. The number of thioether (sulfide) groups is 1. The molecule has 0 saturated carbocycles. The van der Waals surface area contributed by atoms with Crippen molar-refractivity contribution in [3.8, 4) is 0 Å². The van der Waals surface area contributed by atoms with Gasteiger partial charge in [-0.25, -0.2) is 0 Å². The van der Waals surface area contributed by atoms with Crippen LogP contribution in [0.5, 0.6) is 0 Å². The average Bonchev–Trinajstić information content (AvgIpc) is 2.46. The van der Waals surface area contributed by atoms with Crippen LogP contribution in [-0.4, -0.2) is 6.26 Å². The van der Waals surface area contributed by atoms with Crippen LogP contribution in [0.3, 0.4) is 0 Å². The third-order valence-corrected chi connectivity index (χ3v) is 4.61. The van der Waals surface area contributed by atoms with Crippen LogP contribution in [-0.2, 0) is 6.54 Å². The standard InChI is InChI=1S/C16H18BrNS/c1-12(15-5-3-4-6-16(15)17)18-11-13-7-9-14(19-2)10-8-13/h3-10,12,18H,11H2,1-2H3/t12-/m1/s1. The molecule has 0 aliphatic heterocycles. The Kier molecular flexibility index (Phi) is 5.49. The molecule has 19 heavy (non-hydrogen) atoms. The number of hydrogen-bond donors (Lipinski definition) is 1. The van der Waals surface area contributed by atoms with Crippen LogP contribution < -0.4 is 5.32 Å². The Hall–Kier alpha value is -0.770. The Morgan fingerprint density at radius 1 is 1.11 bits per heavy atom. The van der Waals surface area contributed by atoms with Gasteiger partial charge in [0.2, 0.25) is 0 Å². The minimum absolute atomic E-state index is 0.329. The molecule has 1 N–H and O–H groups in total. The van der Waals surface area contributed by atoms with Gasteiger partial charge in [-0.05, 0) is 42.5 Å². The second-order valence-corrected chi connectivity index (χ2v) is 6.21. The van der Waals surface area contributed by atoms with E-state index in [0.29, 0.717) is 6.04 Å². The van der Waals surface area contributed by atoms with Crippen molar-refractivity contribution in [1.29, 1.82) is 0 Å². The van der Waals surface area contributed by atoms with Crippen LogP contribution in [0.25, 0.3) is 0 Å². The molecule has 2 rings (SSSR count). The van der Waals surface area contributed by atoms with Gasteiger partial charge in [-0.15, -0.1) is 11.8 Å². The van der Waals surface area contributed by atoms with Crippen molar-refractivity contribution in [2.45, 2.75) is 24.4 Å². The molecule has 3 heteroatoms. The lowest BCUT2D eigenvalue weighted by Gasteiger charge is -2.16. The predicted octanol–water partition coefficient (Wildman–Crippen LogP) is 5.02. The number of nitrogens with one attached hydrogen (secondary N) is 1. The summed E-state index contributed by atoms with van der Waals surface area (Å²) in [5.74, 6) is 0. The zero-order valence-electron chi connectivity index (χ0n) is 11.2. The van der Waals surface area contributed by atoms with Crippen LogP contribution in [0.2, 0.25) is 0 Å². The topological polar surface area (TPSA) is 12.0 Å². The Morgan fingerprint density at radius 2 is 1.79 bits per heavy atom. The van der Waals surface area contributed by atoms with Gasteiger partial charge >= 0.3 is 0 Å². The highest BCUT2D eigenvalue weighted by Crippen LogP contribution is 2.23. The summed E-state index contributed by atoms with van der Waals surface area (Å²) in [5.41, 5.74) is 2.61. The van der Waals surface area contributed by atoms with E-state index < -0.39 is 0 Å². The first-order valence-electron chi connectivity index (χ1n) is 6.31. The summed E-state index contributed by atoms with van der Waals surface area (Å²) >= 11 is 5.37. The first-order valence-corrected chi connectivity index (χ1v) is 8.33. The van der Waals surface area contributed by atoms with Gasteiger partial charge in [0.1, 0.15) is 0 Å². The maximum atomic E-state index is 3.60. The minimum atomic E-state index is 0.329. The smallest absolute Gasteiger partial charge is 0.0306 e. The largest absolute Gasteiger partial charge is 0.306 e. The first-order chi connectivity index (χ1) is 9.20. The molecule has 0 aromatic heterocycles. The van der Waals surface area contributed by atoms with Crippen LogP contribution in [0.4, 0.5) is 0 Å². The van der Waals surface area contributed by atoms with Crippen molar-refractivity contribution in [2.24, 2.45) is 0 Å². The number of rotatable bonds is 5. The van der Waals surface area contributed by atoms with Gasteiger partial charge in [0.25, 0.3) is 0 Å². The Bertz CT molecular complexity index is 525. The summed E-state index contributed by atoms with van der Waals surface area (Å²) in [7, 11) is 0. The number of benzene rings is 2. The van der Waals surface area contributed by atoms with Crippen LogP contribution in [0.15, 0.2) is 57.9 Å². The summed E-state index contributed by atoms with van der Waals surface area (Å²) in [6.45, 7) is 3.08. The van der Waals surface area contributed by atoms with E-state index in [1.165, 1.54) is 16.0 Å². The highest BCUT2D eigenvalue weighted by Gasteiger charge is 2.07. The van der Waals surface area contributed by atoms with Crippen molar-refractivity contribution in [1.82, 2.24) is 5.32 Å². The summed E-state index contributed by atoms with van der Waals surface area (Å²) in [5, 5.41) is 3.56. The molecule has 2 aromatic rings. The van der Waals surface area contributed by atoms with Gasteiger partial charge in [0, 0.05) is 22.0 Å². The van der Waals surface area contributed by atoms with E-state index in [2.05, 4.69) is 76.9 Å². The predicted molar refractivity (Wildman–Crippen MR) is 87.6 cm³/mol. The van der Waals surface area contributed by atoms with Crippen molar-refractivity contribution >= 4 is 27.7 Å². The monoisotopic (exact) mass is 335 g/mol. The summed E-state index contributed by atoms with van der Waals surface area (Å²) in [6.07, 6.45) is 2.10. The number of hydrogen-bond acceptors (Lipinski definition) is 2. The van der Waals surface area contributed by atoms with Gasteiger partial charge in [0.15, 0.2) is 0 Å². The molecule has 1 nitrogen and oxygen atoms in total. The lowest BCUT2D eigenvalue weighted by Crippen LogP contribution is -2.18. The fourth-order valence-corrected chi connectivity index (χ4v) is 2.99. The summed E-state index contributed by atoms with van der Waals surface area (Å²) < 4.78 is 1.16. The lowest BCUT2D eigenvalue weighted by molar-refractivity contribution is 0.572. The van der Waals surface area contributed by atoms with Gasteiger partial charge in [-0.1, -0.05) is 46.3 Å². The zero-order chi connectivity index (χ0) is 13.7. The second kappa shape index (κ2) is 7.13. The summed E-state index contributed by atoms with van der Waals surface area (Å²) in [6, 6.07) is 17.4. The van der Waals surface area contributed by atoms with Crippen molar-refractivity contribution in [3.05, 3.63) is 64.1 Å². The molecule has 0 aliphatic carbocycles. The molecule has 0 spiro atoms.